The van der Waals surface area contributed by atoms with Crippen molar-refractivity contribution < 1.29 is 10.2 Å². The molecule has 0 fully saturated rings. The maximum Gasteiger partial charge on any atom is 0.117 e. The molecule has 1 unspecified atom stereocenters. The first-order valence-electron chi connectivity index (χ1n) is 7.76. The maximum absolute atomic E-state index is 11.4. The van der Waals surface area contributed by atoms with Gasteiger partial charge in [-0.05, 0) is 16.7 Å². The van der Waals surface area contributed by atoms with Crippen LogP contribution in [0.5, 0.6) is 0 Å². The Morgan fingerprint density at radius 2 is 1.04 bits per heavy atom. The van der Waals surface area contributed by atoms with Gasteiger partial charge in [0.05, 0.1) is 6.10 Å². The fourth-order valence-corrected chi connectivity index (χ4v) is 2.90. The minimum atomic E-state index is -1.24. The lowest BCUT2D eigenvalue weighted by atomic mass is 9.81. The van der Waals surface area contributed by atoms with Crippen molar-refractivity contribution in [3.05, 3.63) is 108 Å². The number of hydrogen-bond acceptors (Lipinski definition) is 2. The van der Waals surface area contributed by atoms with Crippen molar-refractivity contribution in [1.29, 1.82) is 0 Å². The topological polar surface area (TPSA) is 40.5 Å². The molecule has 0 aliphatic heterocycles. The number of aliphatic hydroxyl groups is 2. The Morgan fingerprint density at radius 1 is 0.652 bits per heavy atom. The van der Waals surface area contributed by atoms with Crippen LogP contribution in [-0.2, 0) is 5.60 Å². The molecule has 0 saturated carbocycles. The third-order valence-corrected chi connectivity index (χ3v) is 4.18. The molecule has 0 bridgehead atoms. The van der Waals surface area contributed by atoms with E-state index < -0.39 is 11.7 Å². The normalized spacial score (nSPS) is 12.8. The average molecular weight is 304 g/mol. The molecule has 2 N–H and O–H groups in total. The van der Waals surface area contributed by atoms with Crippen molar-refractivity contribution >= 4 is 0 Å². The molecule has 0 aliphatic rings. The largest absolute Gasteiger partial charge is 0.388 e. The highest BCUT2D eigenvalue weighted by Crippen LogP contribution is 2.37. The first kappa shape index (κ1) is 15.5. The molecule has 0 saturated heterocycles. The van der Waals surface area contributed by atoms with E-state index in [1.807, 2.05) is 91.0 Å². The van der Waals surface area contributed by atoms with Crippen LogP contribution < -0.4 is 0 Å². The number of hydrogen-bond donors (Lipinski definition) is 2. The van der Waals surface area contributed by atoms with E-state index in [1.165, 1.54) is 0 Å². The zero-order valence-electron chi connectivity index (χ0n) is 12.8. The lowest BCUT2D eigenvalue weighted by Crippen LogP contribution is -2.29. The van der Waals surface area contributed by atoms with Crippen molar-refractivity contribution in [2.24, 2.45) is 0 Å². The van der Waals surface area contributed by atoms with E-state index in [9.17, 15) is 10.2 Å². The standard InChI is InChI=1S/C21H20O2/c22-20(17-10-4-1-5-11-17)16-21(23,18-12-6-2-7-13-18)19-14-8-3-9-15-19/h1-15,20,22-23H,16H2. The van der Waals surface area contributed by atoms with Crippen LogP contribution in [0.1, 0.15) is 29.2 Å². The van der Waals surface area contributed by atoms with E-state index >= 15 is 0 Å². The third-order valence-electron chi connectivity index (χ3n) is 4.18. The van der Waals surface area contributed by atoms with Gasteiger partial charge in [-0.1, -0.05) is 91.0 Å². The van der Waals surface area contributed by atoms with Crippen LogP contribution in [0.3, 0.4) is 0 Å². The van der Waals surface area contributed by atoms with E-state index in [4.69, 9.17) is 0 Å². The minimum Gasteiger partial charge on any atom is -0.388 e. The van der Waals surface area contributed by atoms with Gasteiger partial charge in [-0.15, -0.1) is 0 Å². The maximum atomic E-state index is 11.4. The molecule has 0 spiro atoms. The average Bonchev–Trinajstić information content (AvgIpc) is 2.64. The second-order valence-corrected chi connectivity index (χ2v) is 5.72. The van der Waals surface area contributed by atoms with Crippen LogP contribution in [-0.4, -0.2) is 10.2 Å². The van der Waals surface area contributed by atoms with Gasteiger partial charge in [0.2, 0.25) is 0 Å². The molecule has 23 heavy (non-hydrogen) atoms. The fourth-order valence-electron chi connectivity index (χ4n) is 2.90. The molecular weight excluding hydrogens is 284 g/mol. The van der Waals surface area contributed by atoms with Gasteiger partial charge in [0.15, 0.2) is 0 Å². The van der Waals surface area contributed by atoms with Gasteiger partial charge in [-0.2, -0.15) is 0 Å². The van der Waals surface area contributed by atoms with E-state index in [-0.39, 0.29) is 6.42 Å². The highest BCUT2D eigenvalue weighted by atomic mass is 16.3. The quantitative estimate of drug-likeness (QED) is 0.746. The predicted molar refractivity (Wildman–Crippen MR) is 91.9 cm³/mol. The van der Waals surface area contributed by atoms with Gasteiger partial charge < -0.3 is 10.2 Å². The van der Waals surface area contributed by atoms with Gasteiger partial charge in [0.25, 0.3) is 0 Å². The second kappa shape index (κ2) is 6.78. The minimum absolute atomic E-state index is 0.199. The van der Waals surface area contributed by atoms with E-state index in [0.29, 0.717) is 0 Å². The van der Waals surface area contributed by atoms with E-state index in [1.54, 1.807) is 0 Å². The van der Waals surface area contributed by atoms with Gasteiger partial charge in [0, 0.05) is 6.42 Å². The van der Waals surface area contributed by atoms with Crippen LogP contribution in [0.4, 0.5) is 0 Å². The van der Waals surface area contributed by atoms with Gasteiger partial charge in [-0.25, -0.2) is 0 Å². The molecule has 116 valence electrons. The summed E-state index contributed by atoms with van der Waals surface area (Å²) in [6.45, 7) is 0. The summed E-state index contributed by atoms with van der Waals surface area (Å²) in [7, 11) is 0. The van der Waals surface area contributed by atoms with Gasteiger partial charge in [-0.3, -0.25) is 0 Å². The van der Waals surface area contributed by atoms with Crippen LogP contribution in [0.25, 0.3) is 0 Å². The van der Waals surface area contributed by atoms with E-state index in [2.05, 4.69) is 0 Å². The summed E-state index contributed by atoms with van der Waals surface area (Å²) in [6, 6.07) is 28.5. The molecule has 3 aromatic carbocycles. The summed E-state index contributed by atoms with van der Waals surface area (Å²) in [5.74, 6) is 0. The molecule has 2 nitrogen and oxygen atoms in total. The molecule has 3 rings (SSSR count). The summed E-state index contributed by atoms with van der Waals surface area (Å²) in [5.41, 5.74) is 1.12. The van der Waals surface area contributed by atoms with E-state index in [0.717, 1.165) is 16.7 Å². The van der Waals surface area contributed by atoms with Crippen LogP contribution in [0.2, 0.25) is 0 Å². The van der Waals surface area contributed by atoms with Crippen molar-refractivity contribution in [3.63, 3.8) is 0 Å². The Morgan fingerprint density at radius 3 is 1.48 bits per heavy atom. The van der Waals surface area contributed by atoms with Crippen LogP contribution >= 0.6 is 0 Å². The monoisotopic (exact) mass is 304 g/mol. The van der Waals surface area contributed by atoms with Gasteiger partial charge >= 0.3 is 0 Å². The predicted octanol–water partition coefficient (Wildman–Crippen LogP) is 4.05. The van der Waals surface area contributed by atoms with Crippen molar-refractivity contribution in [3.8, 4) is 0 Å². The Kier molecular flexibility index (Phi) is 4.56. The third kappa shape index (κ3) is 3.34. The molecule has 0 amide bonds. The molecule has 2 heteroatoms. The molecular formula is C21H20O2. The molecule has 0 aromatic heterocycles. The van der Waals surface area contributed by atoms with Crippen LogP contribution in [0.15, 0.2) is 91.0 Å². The summed E-state index contributed by atoms with van der Waals surface area (Å²) in [4.78, 5) is 0. The van der Waals surface area contributed by atoms with Crippen molar-refractivity contribution in [2.75, 3.05) is 0 Å². The lowest BCUT2D eigenvalue weighted by molar-refractivity contribution is 0.0168. The Hall–Kier alpha value is -2.42. The summed E-state index contributed by atoms with van der Waals surface area (Å²) in [6.07, 6.45) is -0.549. The zero-order chi connectivity index (χ0) is 16.1. The summed E-state index contributed by atoms with van der Waals surface area (Å²) < 4.78 is 0. The van der Waals surface area contributed by atoms with Gasteiger partial charge in [0.1, 0.15) is 5.60 Å². The lowest BCUT2D eigenvalue weighted by Gasteiger charge is -2.31. The smallest absolute Gasteiger partial charge is 0.117 e. The Balaban J connectivity index is 2.00. The summed E-state index contributed by atoms with van der Waals surface area (Å²) in [5, 5.41) is 22.0. The molecule has 0 aliphatic carbocycles. The molecule has 3 aromatic rings. The molecule has 0 radical (unpaired) electrons. The first-order valence-corrected chi connectivity index (χ1v) is 7.76. The Labute approximate surface area is 136 Å². The highest BCUT2D eigenvalue weighted by molar-refractivity contribution is 5.36. The summed E-state index contributed by atoms with van der Waals surface area (Å²) >= 11 is 0. The second-order valence-electron chi connectivity index (χ2n) is 5.72. The van der Waals surface area contributed by atoms with Crippen LogP contribution in [0, 0.1) is 0 Å². The molecule has 1 atom stereocenters. The first-order chi connectivity index (χ1) is 11.2. The van der Waals surface area contributed by atoms with Crippen molar-refractivity contribution in [2.45, 2.75) is 18.1 Å². The number of rotatable bonds is 5. The van der Waals surface area contributed by atoms with Crippen molar-refractivity contribution in [1.82, 2.24) is 0 Å². The SMILES string of the molecule is OC(CC(O)(c1ccccc1)c1ccccc1)c1ccccc1. The highest BCUT2D eigenvalue weighted by Gasteiger charge is 2.34. The number of benzene rings is 3. The Bertz CT molecular complexity index is 684. The fraction of sp³-hybridized carbons (Fsp3) is 0.143. The molecule has 0 heterocycles. The number of aliphatic hydroxyl groups excluding tert-OH is 1. The zero-order valence-corrected chi connectivity index (χ0v) is 12.8.